The highest BCUT2D eigenvalue weighted by molar-refractivity contribution is 6.28. The summed E-state index contributed by atoms with van der Waals surface area (Å²) in [5.41, 5.74) is 3.95. The molecule has 1 heterocycles. The van der Waals surface area contributed by atoms with Gasteiger partial charge < -0.3 is 9.47 Å². The Morgan fingerprint density at radius 3 is 1.52 bits per heavy atom. The highest BCUT2D eigenvalue weighted by Crippen LogP contribution is 2.38. The monoisotopic (exact) mass is 609 g/mol. The second-order valence-corrected chi connectivity index (χ2v) is 11.4. The van der Waals surface area contributed by atoms with Crippen molar-refractivity contribution < 1.29 is 28.7 Å². The van der Waals surface area contributed by atoms with E-state index in [4.69, 9.17) is 9.47 Å². The molecule has 7 heteroatoms. The molecule has 0 fully saturated rings. The Morgan fingerprint density at radius 1 is 0.587 bits per heavy atom. The fourth-order valence-electron chi connectivity index (χ4n) is 5.54. The molecule has 228 valence electrons. The summed E-state index contributed by atoms with van der Waals surface area (Å²) in [6, 6.07) is 30.4. The van der Waals surface area contributed by atoms with Gasteiger partial charge in [0.05, 0.1) is 5.69 Å². The van der Waals surface area contributed by atoms with Crippen molar-refractivity contribution in [1.82, 2.24) is 0 Å². The van der Waals surface area contributed by atoms with Crippen LogP contribution in [0.1, 0.15) is 37.0 Å². The number of ether oxygens (including phenoxy) is 2. The van der Waals surface area contributed by atoms with E-state index in [0.29, 0.717) is 40.7 Å². The van der Waals surface area contributed by atoms with Gasteiger partial charge in [-0.2, -0.15) is 0 Å². The number of hydrogen-bond donors (Lipinski definition) is 0. The van der Waals surface area contributed by atoms with Gasteiger partial charge in [-0.25, -0.2) is 4.90 Å². The minimum Gasteiger partial charge on any atom is -0.457 e. The zero-order chi connectivity index (χ0) is 32.3. The molecule has 6 rings (SSSR count). The molecule has 46 heavy (non-hydrogen) atoms. The number of anilines is 1. The minimum atomic E-state index is -0.358. The van der Waals surface area contributed by atoms with Gasteiger partial charge in [-0.1, -0.05) is 50.2 Å². The van der Waals surface area contributed by atoms with E-state index in [2.05, 4.69) is 38.1 Å². The lowest BCUT2D eigenvalue weighted by molar-refractivity contribution is -0.120. The van der Waals surface area contributed by atoms with Crippen molar-refractivity contribution in [2.24, 2.45) is 0 Å². The van der Waals surface area contributed by atoms with Crippen molar-refractivity contribution >= 4 is 29.1 Å². The van der Waals surface area contributed by atoms with E-state index in [-0.39, 0.29) is 28.8 Å². The second-order valence-electron chi connectivity index (χ2n) is 11.4. The zero-order valence-corrected chi connectivity index (χ0v) is 25.4. The Bertz CT molecular complexity index is 1880. The Hall–Kier alpha value is -5.82. The first-order valence-corrected chi connectivity index (χ1v) is 15.0. The number of ketones is 2. The number of nitrogens with zero attached hydrogens (tertiary/aromatic N) is 1. The number of carbonyl (C=O) groups is 4. The highest BCUT2D eigenvalue weighted by atomic mass is 16.5. The van der Waals surface area contributed by atoms with Crippen molar-refractivity contribution in [2.45, 2.75) is 32.1 Å². The molecule has 4 aromatic rings. The SMILES string of the molecule is CCC(C)(c1ccc(Oc2ccc(CC3=CC(=O)C=CC3=O)cc2)cc1)c1ccc(Oc2ccc(N3C(=O)C=CC3=O)cc2)cc1. The Balaban J connectivity index is 1.08. The van der Waals surface area contributed by atoms with Crippen molar-refractivity contribution in [3.05, 3.63) is 150 Å². The first-order chi connectivity index (χ1) is 22.2. The molecule has 0 N–H and O–H groups in total. The number of imide groups is 1. The summed E-state index contributed by atoms with van der Waals surface area (Å²) in [5, 5.41) is 0. The summed E-state index contributed by atoms with van der Waals surface area (Å²) in [6.45, 7) is 4.37. The molecule has 0 bridgehead atoms. The molecule has 2 aliphatic rings. The molecule has 0 aromatic heterocycles. The smallest absolute Gasteiger partial charge is 0.258 e. The summed E-state index contributed by atoms with van der Waals surface area (Å²) in [6.07, 6.45) is 7.78. The van der Waals surface area contributed by atoms with Gasteiger partial charge in [0.15, 0.2) is 11.6 Å². The molecule has 1 atom stereocenters. The van der Waals surface area contributed by atoms with Gasteiger partial charge >= 0.3 is 0 Å². The Kier molecular flexibility index (Phi) is 8.31. The lowest BCUT2D eigenvalue weighted by Gasteiger charge is -2.30. The van der Waals surface area contributed by atoms with Crippen LogP contribution in [0, 0.1) is 0 Å². The summed E-state index contributed by atoms with van der Waals surface area (Å²) < 4.78 is 12.1. The third kappa shape index (κ3) is 6.35. The zero-order valence-electron chi connectivity index (χ0n) is 25.4. The van der Waals surface area contributed by atoms with Crippen LogP contribution in [-0.4, -0.2) is 23.4 Å². The summed E-state index contributed by atoms with van der Waals surface area (Å²) in [4.78, 5) is 48.7. The van der Waals surface area contributed by atoms with E-state index in [0.717, 1.165) is 28.0 Å². The van der Waals surface area contributed by atoms with Gasteiger partial charge in [-0.05, 0) is 102 Å². The lowest BCUT2D eigenvalue weighted by Crippen LogP contribution is -2.29. The van der Waals surface area contributed by atoms with Crippen LogP contribution < -0.4 is 14.4 Å². The molecule has 0 saturated heterocycles. The molecule has 0 radical (unpaired) electrons. The van der Waals surface area contributed by atoms with Crippen molar-refractivity contribution in [3.63, 3.8) is 0 Å². The number of carbonyl (C=O) groups excluding carboxylic acids is 4. The number of benzene rings is 4. The first-order valence-electron chi connectivity index (χ1n) is 15.0. The molecular weight excluding hydrogens is 578 g/mol. The van der Waals surface area contributed by atoms with Gasteiger partial charge in [-0.15, -0.1) is 0 Å². The number of rotatable bonds is 10. The van der Waals surface area contributed by atoms with Crippen LogP contribution in [0.15, 0.2) is 133 Å². The predicted molar refractivity (Wildman–Crippen MR) is 175 cm³/mol. The van der Waals surface area contributed by atoms with Crippen LogP contribution in [0.25, 0.3) is 0 Å². The number of allylic oxidation sites excluding steroid dienone is 4. The van der Waals surface area contributed by atoms with Gasteiger partial charge in [0.25, 0.3) is 11.8 Å². The van der Waals surface area contributed by atoms with Crippen molar-refractivity contribution in [1.29, 1.82) is 0 Å². The molecule has 1 unspecified atom stereocenters. The molecule has 0 saturated carbocycles. The van der Waals surface area contributed by atoms with Crippen LogP contribution in [0.2, 0.25) is 0 Å². The van der Waals surface area contributed by atoms with E-state index in [9.17, 15) is 19.2 Å². The van der Waals surface area contributed by atoms with Crippen LogP contribution >= 0.6 is 0 Å². The van der Waals surface area contributed by atoms with E-state index in [1.807, 2.05) is 48.5 Å². The Morgan fingerprint density at radius 2 is 1.04 bits per heavy atom. The van der Waals surface area contributed by atoms with E-state index in [1.54, 1.807) is 24.3 Å². The molecule has 4 aromatic carbocycles. The molecule has 7 nitrogen and oxygen atoms in total. The number of hydrogen-bond acceptors (Lipinski definition) is 6. The lowest BCUT2D eigenvalue weighted by atomic mass is 9.74. The van der Waals surface area contributed by atoms with Gasteiger partial charge in [0, 0.05) is 29.6 Å². The normalized spacial score (nSPS) is 15.6. The van der Waals surface area contributed by atoms with Crippen LogP contribution in [0.3, 0.4) is 0 Å². The van der Waals surface area contributed by atoms with Crippen molar-refractivity contribution in [2.75, 3.05) is 4.90 Å². The summed E-state index contributed by atoms with van der Waals surface area (Å²) in [5.74, 6) is 1.63. The fourth-order valence-corrected chi connectivity index (χ4v) is 5.54. The average Bonchev–Trinajstić information content (AvgIpc) is 3.41. The maximum absolute atomic E-state index is 12.0. The number of amides is 2. The highest BCUT2D eigenvalue weighted by Gasteiger charge is 2.27. The maximum Gasteiger partial charge on any atom is 0.258 e. The van der Waals surface area contributed by atoms with Crippen LogP contribution in [0.4, 0.5) is 5.69 Å². The van der Waals surface area contributed by atoms with Crippen LogP contribution in [0.5, 0.6) is 23.0 Å². The molecule has 1 aliphatic carbocycles. The van der Waals surface area contributed by atoms with E-state index >= 15 is 0 Å². The third-order valence-electron chi connectivity index (χ3n) is 8.42. The third-order valence-corrected chi connectivity index (χ3v) is 8.42. The summed E-state index contributed by atoms with van der Waals surface area (Å²) >= 11 is 0. The topological polar surface area (TPSA) is 90.0 Å². The standard InChI is InChI=1S/C39H31NO6/c1-3-39(2,29-8-17-34(18-9-29)46-35-19-10-30(11-20-35)40-37(43)22-23-38(40)44)28-6-15-33(16-7-28)45-32-13-4-26(5-14-32)24-27-25-31(41)12-21-36(27)42/h4-23,25H,3,24H2,1-2H3. The molecule has 1 aliphatic heterocycles. The van der Waals surface area contributed by atoms with Crippen LogP contribution in [-0.2, 0) is 31.0 Å². The second kappa shape index (κ2) is 12.7. The van der Waals surface area contributed by atoms with Gasteiger partial charge in [0.1, 0.15) is 23.0 Å². The Labute approximate surface area is 267 Å². The van der Waals surface area contributed by atoms with Crippen molar-refractivity contribution in [3.8, 4) is 23.0 Å². The molecule has 0 spiro atoms. The largest absolute Gasteiger partial charge is 0.457 e. The maximum atomic E-state index is 12.0. The quantitative estimate of drug-likeness (QED) is 0.136. The predicted octanol–water partition coefficient (Wildman–Crippen LogP) is 7.59. The van der Waals surface area contributed by atoms with E-state index < -0.39 is 0 Å². The van der Waals surface area contributed by atoms with E-state index in [1.165, 1.54) is 30.4 Å². The first kappa shape index (κ1) is 30.2. The average molecular weight is 610 g/mol. The van der Waals surface area contributed by atoms with Gasteiger partial charge in [-0.3, -0.25) is 19.2 Å². The molecule has 2 amide bonds. The fraction of sp³-hybridized carbons (Fsp3) is 0.128. The van der Waals surface area contributed by atoms with Gasteiger partial charge in [0.2, 0.25) is 0 Å². The minimum absolute atomic E-state index is 0.138. The molecular formula is C39H31NO6. The summed E-state index contributed by atoms with van der Waals surface area (Å²) in [7, 11) is 0.